The third kappa shape index (κ3) is 6.66. The molecule has 2 aliphatic heterocycles. The molecule has 0 unspecified atom stereocenters. The lowest BCUT2D eigenvalue weighted by atomic mass is 9.95. The van der Waals surface area contributed by atoms with Gasteiger partial charge in [0.05, 0.1) is 29.8 Å². The number of nitrogens with zero attached hydrogens (tertiary/aromatic N) is 3. The van der Waals surface area contributed by atoms with Crippen molar-refractivity contribution in [2.24, 2.45) is 4.99 Å². The van der Waals surface area contributed by atoms with Gasteiger partial charge in [0.25, 0.3) is 5.91 Å². The highest BCUT2D eigenvalue weighted by atomic mass is 32.1. The number of amides is 2. The van der Waals surface area contributed by atoms with Gasteiger partial charge in [-0.3, -0.25) is 9.59 Å². The average Bonchev–Trinajstić information content (AvgIpc) is 3.58. The number of hydrogen-bond donors (Lipinski definition) is 0. The van der Waals surface area contributed by atoms with Gasteiger partial charge < -0.3 is 18.9 Å². The van der Waals surface area contributed by atoms with Gasteiger partial charge >= 0.3 is 6.18 Å². The monoisotopic (exact) mass is 553 g/mol. The van der Waals surface area contributed by atoms with E-state index in [1.54, 1.807) is 4.90 Å². The van der Waals surface area contributed by atoms with Gasteiger partial charge in [-0.15, -0.1) is 11.3 Å². The summed E-state index contributed by atoms with van der Waals surface area (Å²) in [5, 5.41) is 0. The second-order valence-electron chi connectivity index (χ2n) is 10.9. The summed E-state index contributed by atoms with van der Waals surface area (Å²) >= 11 is 1.34. The molecule has 2 aliphatic rings. The summed E-state index contributed by atoms with van der Waals surface area (Å²) in [7, 11) is 0. The molecule has 2 aromatic rings. The molecular weight excluding hydrogens is 519 g/mol. The number of hydrogen-bond acceptors (Lipinski definition) is 5. The zero-order valence-electron chi connectivity index (χ0n) is 22.1. The summed E-state index contributed by atoms with van der Waals surface area (Å²) in [5.41, 5.74) is -1.42. The van der Waals surface area contributed by atoms with Crippen LogP contribution < -0.4 is 9.54 Å². The fraction of sp³-hybridized carbons (Fsp3) is 0.593. The summed E-state index contributed by atoms with van der Waals surface area (Å²) in [4.78, 5) is 32.7. The van der Waals surface area contributed by atoms with E-state index in [4.69, 9.17) is 9.47 Å². The molecular formula is C27H34F3N3O4S. The maximum Gasteiger partial charge on any atom is 0.416 e. The SMILES string of the molecule is CC(=O)N1CCC[C@H]1COc1ccc(C(F)(F)F)cc1C(=O)/N=c1\sc(C(C)(C)C)cn1C[C@H]1CCCO1. The molecule has 1 aromatic heterocycles. The summed E-state index contributed by atoms with van der Waals surface area (Å²) in [5.74, 6) is -0.886. The average molecular weight is 554 g/mol. The van der Waals surface area contributed by atoms with E-state index in [9.17, 15) is 22.8 Å². The van der Waals surface area contributed by atoms with E-state index in [1.165, 1.54) is 18.3 Å². The van der Waals surface area contributed by atoms with Crippen molar-refractivity contribution < 1.29 is 32.2 Å². The number of aromatic nitrogens is 1. The molecule has 0 bridgehead atoms. The van der Waals surface area contributed by atoms with Crippen molar-refractivity contribution in [3.05, 3.63) is 45.2 Å². The Morgan fingerprint density at radius 3 is 2.58 bits per heavy atom. The van der Waals surface area contributed by atoms with Gasteiger partial charge in [-0.25, -0.2) is 0 Å². The van der Waals surface area contributed by atoms with E-state index in [1.807, 2.05) is 31.5 Å². The van der Waals surface area contributed by atoms with E-state index >= 15 is 0 Å². The smallest absolute Gasteiger partial charge is 0.416 e. The Kier molecular flexibility index (Phi) is 8.37. The molecule has 4 rings (SSSR count). The molecule has 3 heterocycles. The first-order valence-corrected chi connectivity index (χ1v) is 13.7. The third-order valence-electron chi connectivity index (χ3n) is 6.83. The Labute approximate surface area is 224 Å². The van der Waals surface area contributed by atoms with Crippen molar-refractivity contribution in [3.8, 4) is 5.75 Å². The Bertz CT molecular complexity index is 1240. The summed E-state index contributed by atoms with van der Waals surface area (Å²) in [6.45, 7) is 9.50. The summed E-state index contributed by atoms with van der Waals surface area (Å²) in [6, 6.07) is 2.65. The molecule has 208 valence electrons. The molecule has 0 saturated carbocycles. The number of halogens is 3. The van der Waals surface area contributed by atoms with Gasteiger partial charge in [0, 0.05) is 31.1 Å². The van der Waals surface area contributed by atoms with Crippen LogP contribution >= 0.6 is 11.3 Å². The molecule has 0 radical (unpaired) electrons. The van der Waals surface area contributed by atoms with Crippen LogP contribution in [-0.2, 0) is 27.7 Å². The summed E-state index contributed by atoms with van der Waals surface area (Å²) in [6.07, 6.45) is 0.702. The lowest BCUT2D eigenvalue weighted by molar-refractivity contribution is -0.137. The lowest BCUT2D eigenvalue weighted by Gasteiger charge is -2.24. The van der Waals surface area contributed by atoms with Crippen molar-refractivity contribution in [2.45, 2.75) is 83.7 Å². The largest absolute Gasteiger partial charge is 0.491 e. The molecule has 38 heavy (non-hydrogen) atoms. The highest BCUT2D eigenvalue weighted by Gasteiger charge is 2.33. The van der Waals surface area contributed by atoms with E-state index in [0.717, 1.165) is 48.8 Å². The quantitative estimate of drug-likeness (QED) is 0.495. The van der Waals surface area contributed by atoms with Crippen LogP contribution in [0, 0.1) is 0 Å². The molecule has 0 N–H and O–H groups in total. The van der Waals surface area contributed by atoms with E-state index < -0.39 is 17.6 Å². The van der Waals surface area contributed by atoms with Gasteiger partial charge in [0.15, 0.2) is 4.80 Å². The van der Waals surface area contributed by atoms with Crippen LogP contribution in [0.15, 0.2) is 29.4 Å². The number of alkyl halides is 3. The second-order valence-corrected chi connectivity index (χ2v) is 11.9. The van der Waals surface area contributed by atoms with Gasteiger partial charge in [-0.05, 0) is 49.3 Å². The van der Waals surface area contributed by atoms with Crippen LogP contribution in [0.2, 0.25) is 0 Å². The number of likely N-dealkylation sites (tertiary alicyclic amines) is 1. The van der Waals surface area contributed by atoms with Crippen LogP contribution in [0.4, 0.5) is 13.2 Å². The molecule has 0 aliphatic carbocycles. The van der Waals surface area contributed by atoms with Gasteiger partial charge in [-0.1, -0.05) is 20.8 Å². The van der Waals surface area contributed by atoms with Crippen molar-refractivity contribution in [1.82, 2.24) is 9.47 Å². The van der Waals surface area contributed by atoms with Crippen molar-refractivity contribution in [3.63, 3.8) is 0 Å². The van der Waals surface area contributed by atoms with Crippen LogP contribution in [0.3, 0.4) is 0 Å². The van der Waals surface area contributed by atoms with Crippen molar-refractivity contribution >= 4 is 23.2 Å². The molecule has 0 spiro atoms. The van der Waals surface area contributed by atoms with Crippen molar-refractivity contribution in [2.75, 3.05) is 19.8 Å². The Morgan fingerprint density at radius 2 is 1.95 bits per heavy atom. The molecule has 7 nitrogen and oxygen atoms in total. The second kappa shape index (κ2) is 11.2. The maximum atomic E-state index is 13.5. The zero-order chi connectivity index (χ0) is 27.7. The normalized spacial score (nSPS) is 20.8. The minimum Gasteiger partial charge on any atom is -0.491 e. The predicted molar refractivity (Wildman–Crippen MR) is 137 cm³/mol. The molecule has 2 amide bonds. The third-order valence-corrected chi connectivity index (χ3v) is 8.28. The predicted octanol–water partition coefficient (Wildman–Crippen LogP) is 5.18. The van der Waals surface area contributed by atoms with Crippen LogP contribution in [0.25, 0.3) is 0 Å². The minimum atomic E-state index is -4.63. The number of ether oxygens (including phenoxy) is 2. The first kappa shape index (κ1) is 28.4. The zero-order valence-corrected chi connectivity index (χ0v) is 23.0. The van der Waals surface area contributed by atoms with Crippen molar-refractivity contribution in [1.29, 1.82) is 0 Å². The van der Waals surface area contributed by atoms with E-state index in [0.29, 0.717) is 24.5 Å². The fourth-order valence-electron chi connectivity index (χ4n) is 4.71. The number of carbonyl (C=O) groups is 2. The molecule has 2 saturated heterocycles. The number of benzene rings is 1. The van der Waals surface area contributed by atoms with Gasteiger partial charge in [0.2, 0.25) is 5.91 Å². The van der Waals surface area contributed by atoms with Gasteiger partial charge in [0.1, 0.15) is 12.4 Å². The fourth-order valence-corrected chi connectivity index (χ4v) is 5.76. The Hall–Kier alpha value is -2.66. The Morgan fingerprint density at radius 1 is 1.18 bits per heavy atom. The van der Waals surface area contributed by atoms with Gasteiger partial charge in [-0.2, -0.15) is 18.2 Å². The topological polar surface area (TPSA) is 73.1 Å². The highest BCUT2D eigenvalue weighted by Crippen LogP contribution is 2.33. The van der Waals surface area contributed by atoms with E-state index in [-0.39, 0.29) is 41.4 Å². The van der Waals surface area contributed by atoms with Crippen LogP contribution in [0.1, 0.15) is 74.2 Å². The minimum absolute atomic E-state index is 0.00504. The number of rotatable bonds is 6. The summed E-state index contributed by atoms with van der Waals surface area (Å²) < 4.78 is 54.1. The standard InChI is InChI=1S/C27H34F3N3O4S/c1-17(34)33-11-5-7-19(33)16-37-22-10-9-18(27(28,29)30)13-21(22)24(35)31-25-32(14-20-8-6-12-36-20)15-23(38-25)26(2,3)4/h9-10,13,15,19-20H,5-8,11-12,14,16H2,1-4H3/b31-25-/t19-,20+/m0/s1. The first-order valence-electron chi connectivity index (χ1n) is 12.9. The van der Waals surface area contributed by atoms with E-state index in [2.05, 4.69) is 4.99 Å². The number of thiazole rings is 1. The lowest BCUT2D eigenvalue weighted by Crippen LogP contribution is -2.37. The molecule has 2 fully saturated rings. The van der Waals surface area contributed by atoms with Crippen LogP contribution in [-0.4, -0.2) is 53.2 Å². The number of carbonyl (C=O) groups excluding carboxylic acids is 2. The van der Waals surface area contributed by atoms with Crippen LogP contribution in [0.5, 0.6) is 5.75 Å². The molecule has 1 aromatic carbocycles. The Balaban J connectivity index is 1.69. The first-order chi connectivity index (χ1) is 17.8. The highest BCUT2D eigenvalue weighted by molar-refractivity contribution is 7.09. The molecule has 2 atom stereocenters. The molecule has 11 heteroatoms. The maximum absolute atomic E-state index is 13.5.